The van der Waals surface area contributed by atoms with Gasteiger partial charge in [0.15, 0.2) is 6.10 Å². The molecule has 0 aromatic rings. The van der Waals surface area contributed by atoms with E-state index < -0.39 is 6.10 Å². The van der Waals surface area contributed by atoms with Crippen LogP contribution < -0.4 is 0 Å². The summed E-state index contributed by atoms with van der Waals surface area (Å²) in [5, 5.41) is 0. The normalized spacial score (nSPS) is 12.1. The number of allylic oxidation sites excluding steroid dienone is 4. The van der Waals surface area contributed by atoms with Gasteiger partial charge >= 0.3 is 17.9 Å². The molecule has 0 saturated carbocycles. The minimum absolute atomic E-state index is 0.0718. The highest BCUT2D eigenvalue weighted by atomic mass is 16.6. The summed E-state index contributed by atoms with van der Waals surface area (Å²) < 4.78 is 16.9. The first-order valence-electron chi connectivity index (χ1n) is 28.8. The maximum absolute atomic E-state index is 12.8. The number of hydrogen-bond donors (Lipinski definition) is 0. The van der Waals surface area contributed by atoms with Crippen LogP contribution in [0.15, 0.2) is 24.3 Å². The van der Waals surface area contributed by atoms with Gasteiger partial charge in [-0.2, -0.15) is 0 Å². The van der Waals surface area contributed by atoms with Gasteiger partial charge in [0, 0.05) is 19.3 Å². The van der Waals surface area contributed by atoms with E-state index in [1.165, 1.54) is 212 Å². The van der Waals surface area contributed by atoms with Crippen molar-refractivity contribution >= 4 is 17.9 Å². The highest BCUT2D eigenvalue weighted by Gasteiger charge is 2.19. The predicted octanol–water partition coefficient (Wildman–Crippen LogP) is 19.1. The molecule has 0 aliphatic heterocycles. The minimum Gasteiger partial charge on any atom is -0.462 e. The lowest BCUT2D eigenvalue weighted by Gasteiger charge is -2.18. The van der Waals surface area contributed by atoms with E-state index in [0.29, 0.717) is 19.3 Å². The van der Waals surface area contributed by atoms with Crippen molar-refractivity contribution in [3.8, 4) is 0 Å². The quantitative estimate of drug-likeness (QED) is 0.0262. The average Bonchev–Trinajstić information content (AvgIpc) is 3.30. The Balaban J connectivity index is 4.32. The molecule has 0 aromatic carbocycles. The Morgan fingerprint density at radius 3 is 0.769 bits per heavy atom. The van der Waals surface area contributed by atoms with Crippen LogP contribution in [-0.2, 0) is 28.6 Å². The molecular formula is C59H110O6. The van der Waals surface area contributed by atoms with Gasteiger partial charge in [-0.05, 0) is 70.6 Å². The second kappa shape index (κ2) is 54.5. The van der Waals surface area contributed by atoms with Gasteiger partial charge in [-0.3, -0.25) is 14.4 Å². The van der Waals surface area contributed by atoms with Crippen LogP contribution >= 0.6 is 0 Å². The Morgan fingerprint density at radius 1 is 0.292 bits per heavy atom. The Morgan fingerprint density at radius 2 is 0.508 bits per heavy atom. The number of rotatable bonds is 53. The van der Waals surface area contributed by atoms with Gasteiger partial charge in [-0.1, -0.05) is 251 Å². The lowest BCUT2D eigenvalue weighted by atomic mass is 10.0. The molecule has 1 atom stereocenters. The van der Waals surface area contributed by atoms with Crippen molar-refractivity contribution < 1.29 is 28.6 Å². The fraction of sp³-hybridized carbons (Fsp3) is 0.881. The third-order valence-corrected chi connectivity index (χ3v) is 12.9. The third-order valence-electron chi connectivity index (χ3n) is 12.9. The molecule has 1 unspecified atom stereocenters. The zero-order chi connectivity index (χ0) is 47.2. The summed E-state index contributed by atoms with van der Waals surface area (Å²) in [4.78, 5) is 38.1. The molecule has 0 N–H and O–H groups in total. The smallest absolute Gasteiger partial charge is 0.306 e. The summed E-state index contributed by atoms with van der Waals surface area (Å²) >= 11 is 0. The van der Waals surface area contributed by atoms with Crippen LogP contribution in [0.3, 0.4) is 0 Å². The average molecular weight is 916 g/mol. The van der Waals surface area contributed by atoms with E-state index in [0.717, 1.165) is 64.2 Å². The van der Waals surface area contributed by atoms with Crippen LogP contribution in [0.25, 0.3) is 0 Å². The monoisotopic (exact) mass is 915 g/mol. The van der Waals surface area contributed by atoms with Gasteiger partial charge in [0.1, 0.15) is 13.2 Å². The third kappa shape index (κ3) is 52.7. The van der Waals surface area contributed by atoms with Crippen LogP contribution in [0.2, 0.25) is 0 Å². The van der Waals surface area contributed by atoms with Crippen molar-refractivity contribution in [2.24, 2.45) is 0 Å². The summed E-state index contributed by atoms with van der Waals surface area (Å²) in [5.41, 5.74) is 0. The van der Waals surface area contributed by atoms with Crippen LogP contribution in [-0.4, -0.2) is 37.2 Å². The van der Waals surface area contributed by atoms with E-state index in [1.807, 2.05) is 0 Å². The Kier molecular flexibility index (Phi) is 52.7. The summed E-state index contributed by atoms with van der Waals surface area (Å²) in [7, 11) is 0. The van der Waals surface area contributed by atoms with Crippen LogP contribution in [0.4, 0.5) is 0 Å². The van der Waals surface area contributed by atoms with Crippen molar-refractivity contribution in [2.45, 2.75) is 322 Å². The van der Waals surface area contributed by atoms with Crippen LogP contribution in [0.1, 0.15) is 316 Å². The molecule has 0 saturated heterocycles. The Labute approximate surface area is 404 Å². The second-order valence-electron chi connectivity index (χ2n) is 19.6. The molecule has 65 heavy (non-hydrogen) atoms. The van der Waals surface area contributed by atoms with E-state index in [9.17, 15) is 14.4 Å². The molecule has 0 aromatic heterocycles. The van der Waals surface area contributed by atoms with Gasteiger partial charge in [0.25, 0.3) is 0 Å². The molecule has 382 valence electrons. The highest BCUT2D eigenvalue weighted by Crippen LogP contribution is 2.16. The first-order valence-corrected chi connectivity index (χ1v) is 28.8. The molecule has 0 bridgehead atoms. The van der Waals surface area contributed by atoms with Gasteiger partial charge in [-0.15, -0.1) is 0 Å². The zero-order valence-electron chi connectivity index (χ0n) is 43.8. The topological polar surface area (TPSA) is 78.9 Å². The summed E-state index contributed by atoms with van der Waals surface area (Å²) in [6.45, 7) is 6.66. The number of carbonyl (C=O) groups is 3. The van der Waals surface area contributed by atoms with Crippen molar-refractivity contribution in [3.63, 3.8) is 0 Å². The number of carbonyl (C=O) groups excluding carboxylic acids is 3. The Hall–Kier alpha value is -2.11. The van der Waals surface area contributed by atoms with Gasteiger partial charge < -0.3 is 14.2 Å². The number of hydrogen-bond acceptors (Lipinski definition) is 6. The molecule has 0 amide bonds. The van der Waals surface area contributed by atoms with Crippen molar-refractivity contribution in [1.29, 1.82) is 0 Å². The second-order valence-corrected chi connectivity index (χ2v) is 19.6. The van der Waals surface area contributed by atoms with Gasteiger partial charge in [0.2, 0.25) is 0 Å². The SMILES string of the molecule is CCCCCCCCC/C=C\CCCCCCCC(=O)OC(COC(=O)CCCCCCCCC/C=C\CCCCCCCCCC)COC(=O)CCCCCCCCCCCCCC. The molecular weight excluding hydrogens is 805 g/mol. The fourth-order valence-corrected chi connectivity index (χ4v) is 8.55. The molecule has 0 spiro atoms. The maximum atomic E-state index is 12.8. The number of esters is 3. The number of unbranched alkanes of at least 4 members (excludes halogenated alkanes) is 38. The van der Waals surface area contributed by atoms with E-state index in [4.69, 9.17) is 14.2 Å². The highest BCUT2D eigenvalue weighted by molar-refractivity contribution is 5.71. The van der Waals surface area contributed by atoms with Gasteiger partial charge in [-0.25, -0.2) is 0 Å². The van der Waals surface area contributed by atoms with Crippen LogP contribution in [0.5, 0.6) is 0 Å². The van der Waals surface area contributed by atoms with Gasteiger partial charge in [0.05, 0.1) is 0 Å². The Bertz CT molecular complexity index is 1050. The molecule has 0 aliphatic rings. The van der Waals surface area contributed by atoms with Crippen LogP contribution in [0, 0.1) is 0 Å². The standard InChI is InChI=1S/C59H110O6/c1-4-7-10-13-16-19-22-25-27-29-30-31-33-34-37-40-43-46-49-52-58(61)64-55-56(54-63-57(60)51-48-45-42-39-36-24-21-18-15-12-9-6-3)65-59(62)53-50-47-44-41-38-35-32-28-26-23-20-17-14-11-8-5-2/h28-30,32,56H,4-27,31,33-55H2,1-3H3/b30-29-,32-28-. The summed E-state index contributed by atoms with van der Waals surface area (Å²) in [5.74, 6) is -0.867. The first-order chi connectivity index (χ1) is 32.0. The molecule has 6 nitrogen and oxygen atoms in total. The maximum Gasteiger partial charge on any atom is 0.306 e. The molecule has 0 radical (unpaired) electrons. The zero-order valence-corrected chi connectivity index (χ0v) is 43.8. The lowest BCUT2D eigenvalue weighted by Crippen LogP contribution is -2.30. The van der Waals surface area contributed by atoms with E-state index in [-0.39, 0.29) is 31.1 Å². The molecule has 0 aliphatic carbocycles. The van der Waals surface area contributed by atoms with Crippen molar-refractivity contribution in [3.05, 3.63) is 24.3 Å². The predicted molar refractivity (Wildman–Crippen MR) is 279 cm³/mol. The molecule has 0 heterocycles. The fourth-order valence-electron chi connectivity index (χ4n) is 8.55. The first kappa shape index (κ1) is 62.9. The van der Waals surface area contributed by atoms with Crippen molar-refractivity contribution in [2.75, 3.05) is 13.2 Å². The van der Waals surface area contributed by atoms with Crippen molar-refractivity contribution in [1.82, 2.24) is 0 Å². The van der Waals surface area contributed by atoms with E-state index in [1.54, 1.807) is 0 Å². The molecule has 0 rings (SSSR count). The number of ether oxygens (including phenoxy) is 3. The summed E-state index contributed by atoms with van der Waals surface area (Å²) in [6.07, 6.45) is 63.1. The molecule has 0 fully saturated rings. The lowest BCUT2D eigenvalue weighted by molar-refractivity contribution is -0.167. The largest absolute Gasteiger partial charge is 0.462 e. The molecule has 6 heteroatoms. The minimum atomic E-state index is -0.773. The van der Waals surface area contributed by atoms with E-state index >= 15 is 0 Å². The van der Waals surface area contributed by atoms with E-state index in [2.05, 4.69) is 45.1 Å². The summed E-state index contributed by atoms with van der Waals surface area (Å²) in [6, 6.07) is 0.